The van der Waals surface area contributed by atoms with Gasteiger partial charge in [0.2, 0.25) is 0 Å². The summed E-state index contributed by atoms with van der Waals surface area (Å²) >= 11 is 6.81. The van der Waals surface area contributed by atoms with Crippen LogP contribution in [0.4, 0.5) is 8.78 Å². The average molecular weight is 420 g/mol. The molecule has 0 spiro atoms. The SMILES string of the molecule is CCNC(Cc1cccc(F)c1F)c1ncc(Br)cc1Br. The third-order valence-electron chi connectivity index (χ3n) is 3.07. The van der Waals surface area contributed by atoms with E-state index >= 15 is 0 Å². The number of pyridine rings is 1. The van der Waals surface area contributed by atoms with Gasteiger partial charge in [-0.15, -0.1) is 0 Å². The number of nitrogens with one attached hydrogen (secondary N) is 1. The molecule has 1 unspecified atom stereocenters. The second-order valence-electron chi connectivity index (χ2n) is 4.55. The summed E-state index contributed by atoms with van der Waals surface area (Å²) in [6.07, 6.45) is 2.01. The maximum absolute atomic E-state index is 13.8. The van der Waals surface area contributed by atoms with Crippen LogP contribution in [0.2, 0.25) is 0 Å². The van der Waals surface area contributed by atoms with Crippen molar-refractivity contribution in [3.05, 3.63) is 62.3 Å². The normalized spacial score (nSPS) is 12.4. The van der Waals surface area contributed by atoms with Crippen molar-refractivity contribution < 1.29 is 8.78 Å². The molecule has 1 aromatic carbocycles. The van der Waals surface area contributed by atoms with Gasteiger partial charge < -0.3 is 5.32 Å². The fourth-order valence-corrected chi connectivity index (χ4v) is 3.38. The molecule has 0 fully saturated rings. The highest BCUT2D eigenvalue weighted by molar-refractivity contribution is 9.11. The maximum Gasteiger partial charge on any atom is 0.162 e. The first-order valence-corrected chi connectivity index (χ1v) is 8.08. The van der Waals surface area contributed by atoms with Crippen LogP contribution in [0.3, 0.4) is 0 Å². The van der Waals surface area contributed by atoms with E-state index in [1.807, 2.05) is 13.0 Å². The van der Waals surface area contributed by atoms with Gasteiger partial charge in [0.05, 0.1) is 11.7 Å². The lowest BCUT2D eigenvalue weighted by molar-refractivity contribution is 0.477. The lowest BCUT2D eigenvalue weighted by Crippen LogP contribution is -2.24. The van der Waals surface area contributed by atoms with Gasteiger partial charge in [0.1, 0.15) is 0 Å². The summed E-state index contributed by atoms with van der Waals surface area (Å²) in [6, 6.07) is 5.91. The first kappa shape index (κ1) is 16.5. The Labute approximate surface area is 139 Å². The zero-order valence-electron chi connectivity index (χ0n) is 11.3. The van der Waals surface area contributed by atoms with E-state index in [-0.39, 0.29) is 6.04 Å². The monoisotopic (exact) mass is 418 g/mol. The van der Waals surface area contributed by atoms with Crippen LogP contribution in [0.1, 0.15) is 24.2 Å². The summed E-state index contributed by atoms with van der Waals surface area (Å²) in [6.45, 7) is 2.66. The Morgan fingerprint density at radius 3 is 2.71 bits per heavy atom. The molecule has 0 aliphatic heterocycles. The molecule has 0 amide bonds. The quantitative estimate of drug-likeness (QED) is 0.754. The van der Waals surface area contributed by atoms with E-state index < -0.39 is 11.6 Å². The van der Waals surface area contributed by atoms with Gasteiger partial charge in [-0.2, -0.15) is 0 Å². The highest BCUT2D eigenvalue weighted by atomic mass is 79.9. The van der Waals surface area contributed by atoms with Crippen molar-refractivity contribution in [1.82, 2.24) is 10.3 Å². The maximum atomic E-state index is 13.8. The summed E-state index contributed by atoms with van der Waals surface area (Å²) in [7, 11) is 0. The van der Waals surface area contributed by atoms with Crippen LogP contribution in [0, 0.1) is 11.6 Å². The van der Waals surface area contributed by atoms with Crippen molar-refractivity contribution in [3.63, 3.8) is 0 Å². The molecule has 6 heteroatoms. The molecule has 0 saturated carbocycles. The van der Waals surface area contributed by atoms with Crippen molar-refractivity contribution in [1.29, 1.82) is 0 Å². The number of halogens is 4. The van der Waals surface area contributed by atoms with Gasteiger partial charge in [0.25, 0.3) is 0 Å². The minimum absolute atomic E-state index is 0.200. The molecule has 1 aromatic heterocycles. The van der Waals surface area contributed by atoms with Crippen molar-refractivity contribution in [2.75, 3.05) is 6.54 Å². The summed E-state index contributed by atoms with van der Waals surface area (Å²) in [4.78, 5) is 4.37. The fourth-order valence-electron chi connectivity index (χ4n) is 2.12. The first-order chi connectivity index (χ1) is 10.0. The van der Waals surface area contributed by atoms with Crippen LogP contribution in [0.5, 0.6) is 0 Å². The predicted octanol–water partition coefficient (Wildman–Crippen LogP) is 4.78. The molecule has 0 bridgehead atoms. The number of benzene rings is 1. The molecule has 2 aromatic rings. The summed E-state index contributed by atoms with van der Waals surface area (Å²) in [5.74, 6) is -1.63. The van der Waals surface area contributed by atoms with E-state index in [0.29, 0.717) is 18.5 Å². The van der Waals surface area contributed by atoms with Crippen molar-refractivity contribution >= 4 is 31.9 Å². The Hall–Kier alpha value is -0.850. The Morgan fingerprint density at radius 1 is 1.29 bits per heavy atom. The van der Waals surface area contributed by atoms with Gasteiger partial charge in [-0.3, -0.25) is 4.98 Å². The Morgan fingerprint density at radius 2 is 2.05 bits per heavy atom. The van der Waals surface area contributed by atoms with Crippen molar-refractivity contribution in [2.24, 2.45) is 0 Å². The largest absolute Gasteiger partial charge is 0.309 e. The Balaban J connectivity index is 2.33. The smallest absolute Gasteiger partial charge is 0.162 e. The highest BCUT2D eigenvalue weighted by Crippen LogP contribution is 2.27. The third-order valence-corrected chi connectivity index (χ3v) is 4.14. The summed E-state index contributed by atoms with van der Waals surface area (Å²) in [5.41, 5.74) is 1.10. The van der Waals surface area contributed by atoms with E-state index in [4.69, 9.17) is 0 Å². The van der Waals surface area contributed by atoms with Crippen LogP contribution in [0.15, 0.2) is 39.4 Å². The fraction of sp³-hybridized carbons (Fsp3) is 0.267. The van der Waals surface area contributed by atoms with E-state index in [0.717, 1.165) is 20.7 Å². The summed E-state index contributed by atoms with van der Waals surface area (Å²) in [5, 5.41) is 3.26. The number of aromatic nitrogens is 1. The molecule has 2 rings (SSSR count). The highest BCUT2D eigenvalue weighted by Gasteiger charge is 2.19. The molecule has 21 heavy (non-hydrogen) atoms. The van der Waals surface area contributed by atoms with Gasteiger partial charge in [-0.25, -0.2) is 8.78 Å². The van der Waals surface area contributed by atoms with E-state index in [9.17, 15) is 8.78 Å². The molecule has 0 saturated heterocycles. The topological polar surface area (TPSA) is 24.9 Å². The molecule has 1 heterocycles. The predicted molar refractivity (Wildman–Crippen MR) is 86.1 cm³/mol. The van der Waals surface area contributed by atoms with Gasteiger partial charge >= 0.3 is 0 Å². The van der Waals surface area contributed by atoms with Gasteiger partial charge in [0, 0.05) is 15.1 Å². The number of hydrogen-bond acceptors (Lipinski definition) is 2. The molecule has 0 radical (unpaired) electrons. The van der Waals surface area contributed by atoms with Crippen LogP contribution in [0.25, 0.3) is 0 Å². The molecule has 0 aliphatic rings. The number of likely N-dealkylation sites (N-methyl/N-ethyl adjacent to an activating group) is 1. The Kier molecular flexibility index (Phi) is 5.84. The third kappa shape index (κ3) is 4.08. The molecule has 1 atom stereocenters. The lowest BCUT2D eigenvalue weighted by Gasteiger charge is -2.19. The molecular weight excluding hydrogens is 406 g/mol. The standard InChI is InChI=1S/C15H14Br2F2N2/c1-2-20-13(15-11(17)7-10(16)8-21-15)6-9-4-3-5-12(18)14(9)19/h3-5,7-8,13,20H,2,6H2,1H3. The van der Waals surface area contributed by atoms with E-state index in [2.05, 4.69) is 42.2 Å². The van der Waals surface area contributed by atoms with Gasteiger partial charge in [0.15, 0.2) is 11.6 Å². The van der Waals surface area contributed by atoms with E-state index in [1.165, 1.54) is 6.07 Å². The van der Waals surface area contributed by atoms with Crippen LogP contribution < -0.4 is 5.32 Å². The molecule has 0 aliphatic carbocycles. The van der Waals surface area contributed by atoms with Crippen LogP contribution in [-0.2, 0) is 6.42 Å². The second kappa shape index (κ2) is 7.42. The zero-order chi connectivity index (χ0) is 15.4. The van der Waals surface area contributed by atoms with E-state index in [1.54, 1.807) is 12.3 Å². The van der Waals surface area contributed by atoms with Crippen LogP contribution >= 0.6 is 31.9 Å². The van der Waals surface area contributed by atoms with Crippen molar-refractivity contribution in [3.8, 4) is 0 Å². The molecule has 2 nitrogen and oxygen atoms in total. The minimum Gasteiger partial charge on any atom is -0.309 e. The minimum atomic E-state index is -0.828. The van der Waals surface area contributed by atoms with Gasteiger partial charge in [-0.05, 0) is 62.5 Å². The van der Waals surface area contributed by atoms with Gasteiger partial charge in [-0.1, -0.05) is 19.1 Å². The number of nitrogens with zero attached hydrogens (tertiary/aromatic N) is 1. The average Bonchev–Trinajstić information content (AvgIpc) is 2.43. The van der Waals surface area contributed by atoms with Crippen LogP contribution in [-0.4, -0.2) is 11.5 Å². The van der Waals surface area contributed by atoms with Crippen molar-refractivity contribution in [2.45, 2.75) is 19.4 Å². The second-order valence-corrected chi connectivity index (χ2v) is 6.32. The summed E-state index contributed by atoms with van der Waals surface area (Å²) < 4.78 is 28.8. The molecule has 1 N–H and O–H groups in total. The first-order valence-electron chi connectivity index (χ1n) is 6.50. The zero-order valence-corrected chi connectivity index (χ0v) is 14.5. The number of rotatable bonds is 5. The molecular formula is C15H14Br2F2N2. The lowest BCUT2D eigenvalue weighted by atomic mass is 10.0. The molecule has 112 valence electrons. The number of hydrogen-bond donors (Lipinski definition) is 1. The Bertz CT molecular complexity index is 635.